The van der Waals surface area contributed by atoms with Gasteiger partial charge in [0.25, 0.3) is 0 Å². The van der Waals surface area contributed by atoms with E-state index in [2.05, 4.69) is 22.5 Å². The summed E-state index contributed by atoms with van der Waals surface area (Å²) in [4.78, 5) is 31.3. The molecular formula is C19H29N5O2. The summed E-state index contributed by atoms with van der Waals surface area (Å²) in [5.74, 6) is 0.220. The summed E-state index contributed by atoms with van der Waals surface area (Å²) in [6.07, 6.45) is 5.79. The molecule has 0 aliphatic carbocycles. The van der Waals surface area contributed by atoms with E-state index in [1.165, 1.54) is 6.20 Å². The number of carbonyl (C=O) groups is 2. The van der Waals surface area contributed by atoms with Crippen LogP contribution in [0.4, 0.5) is 11.5 Å². The fourth-order valence-corrected chi connectivity index (χ4v) is 4.07. The lowest BCUT2D eigenvalue weighted by molar-refractivity contribution is -0.147. The van der Waals surface area contributed by atoms with E-state index in [-0.39, 0.29) is 6.04 Å². The Labute approximate surface area is 154 Å². The number of nitrogens with one attached hydrogen (secondary N) is 2. The van der Waals surface area contributed by atoms with Gasteiger partial charge in [-0.15, -0.1) is 0 Å². The molecule has 1 aromatic heterocycles. The topological polar surface area (TPSA) is 100 Å². The van der Waals surface area contributed by atoms with Gasteiger partial charge in [-0.05, 0) is 69.2 Å². The highest BCUT2D eigenvalue weighted by molar-refractivity contribution is 6.39. The zero-order valence-corrected chi connectivity index (χ0v) is 15.6. The van der Waals surface area contributed by atoms with E-state index in [0.29, 0.717) is 29.9 Å². The molecule has 26 heavy (non-hydrogen) atoms. The van der Waals surface area contributed by atoms with Crippen LogP contribution in [0.1, 0.15) is 38.2 Å². The predicted octanol–water partition coefficient (Wildman–Crippen LogP) is 1.54. The molecule has 2 aliphatic heterocycles. The molecule has 3 heterocycles. The van der Waals surface area contributed by atoms with Gasteiger partial charge < -0.3 is 21.3 Å². The Morgan fingerprint density at radius 2 is 2.15 bits per heavy atom. The fourth-order valence-electron chi connectivity index (χ4n) is 4.07. The van der Waals surface area contributed by atoms with Crippen LogP contribution in [0.3, 0.4) is 0 Å². The standard InChI is InChI=1S/C19H29N5O2/c1-12-5-6-16(14-4-3-7-21-9-14)24(11-12)19(26)18(25)23-15-8-13(2)17(20)22-10-15/h8,10,12,14,16,21H,3-7,9,11H2,1-2H3,(H2,20,22)(H,23,25)/t12-,14?,16+/m1/s1. The molecule has 2 saturated heterocycles. The van der Waals surface area contributed by atoms with Crippen molar-refractivity contribution in [3.63, 3.8) is 0 Å². The Kier molecular flexibility index (Phi) is 5.76. The van der Waals surface area contributed by atoms with Gasteiger partial charge in [-0.1, -0.05) is 6.92 Å². The van der Waals surface area contributed by atoms with Crippen molar-refractivity contribution >= 4 is 23.3 Å². The van der Waals surface area contributed by atoms with Crippen molar-refractivity contribution in [3.05, 3.63) is 17.8 Å². The van der Waals surface area contributed by atoms with Crippen molar-refractivity contribution in [1.29, 1.82) is 0 Å². The van der Waals surface area contributed by atoms with Crippen LogP contribution < -0.4 is 16.4 Å². The molecule has 1 unspecified atom stereocenters. The second kappa shape index (κ2) is 8.03. The smallest absolute Gasteiger partial charge is 0.313 e. The molecule has 7 heteroatoms. The molecule has 0 saturated carbocycles. The van der Waals surface area contributed by atoms with Gasteiger partial charge in [0.15, 0.2) is 0 Å². The van der Waals surface area contributed by atoms with Crippen molar-refractivity contribution in [1.82, 2.24) is 15.2 Å². The average Bonchev–Trinajstić information content (AvgIpc) is 2.64. The molecule has 7 nitrogen and oxygen atoms in total. The highest BCUT2D eigenvalue weighted by Crippen LogP contribution is 2.30. The Balaban J connectivity index is 1.71. The number of rotatable bonds is 2. The Morgan fingerprint density at radius 1 is 1.35 bits per heavy atom. The van der Waals surface area contributed by atoms with Crippen LogP contribution in [0.25, 0.3) is 0 Å². The molecule has 0 aromatic carbocycles. The van der Waals surface area contributed by atoms with E-state index in [0.717, 1.165) is 44.3 Å². The van der Waals surface area contributed by atoms with Crippen LogP contribution in [-0.4, -0.2) is 47.4 Å². The first kappa shape index (κ1) is 18.6. The van der Waals surface area contributed by atoms with Crippen LogP contribution in [0.15, 0.2) is 12.3 Å². The van der Waals surface area contributed by atoms with Gasteiger partial charge in [0.2, 0.25) is 0 Å². The molecule has 2 fully saturated rings. The SMILES string of the molecule is Cc1cc(NC(=O)C(=O)N2C[C@H](C)CC[C@H]2C2CCCNC2)cnc1N. The number of nitrogens with zero attached hydrogens (tertiary/aromatic N) is 2. The van der Waals surface area contributed by atoms with Gasteiger partial charge in [0.05, 0.1) is 11.9 Å². The van der Waals surface area contributed by atoms with Crippen LogP contribution in [0.5, 0.6) is 0 Å². The number of carbonyl (C=O) groups excluding carboxylic acids is 2. The number of likely N-dealkylation sites (tertiary alicyclic amines) is 1. The molecule has 1 aromatic rings. The quantitative estimate of drug-likeness (QED) is 0.696. The third kappa shape index (κ3) is 4.15. The van der Waals surface area contributed by atoms with Crippen molar-refractivity contribution in [2.24, 2.45) is 11.8 Å². The zero-order valence-electron chi connectivity index (χ0n) is 15.6. The zero-order chi connectivity index (χ0) is 18.7. The number of nitrogen functional groups attached to an aromatic ring is 1. The summed E-state index contributed by atoms with van der Waals surface area (Å²) >= 11 is 0. The van der Waals surface area contributed by atoms with E-state index in [9.17, 15) is 9.59 Å². The first-order valence-electron chi connectivity index (χ1n) is 9.50. The minimum atomic E-state index is -0.598. The molecular weight excluding hydrogens is 330 g/mol. The maximum Gasteiger partial charge on any atom is 0.313 e. The first-order chi connectivity index (χ1) is 12.5. The first-order valence-corrected chi connectivity index (χ1v) is 9.50. The lowest BCUT2D eigenvalue weighted by atomic mass is 9.82. The second-order valence-electron chi connectivity index (χ2n) is 7.69. The second-order valence-corrected chi connectivity index (χ2v) is 7.69. The van der Waals surface area contributed by atoms with Crippen molar-refractivity contribution in [2.45, 2.75) is 45.6 Å². The van der Waals surface area contributed by atoms with Crippen LogP contribution in [0, 0.1) is 18.8 Å². The Hall–Kier alpha value is -2.15. The minimum absolute atomic E-state index is 0.142. The Morgan fingerprint density at radius 3 is 2.85 bits per heavy atom. The van der Waals surface area contributed by atoms with Crippen LogP contribution in [0.2, 0.25) is 0 Å². The van der Waals surface area contributed by atoms with Gasteiger partial charge in [0, 0.05) is 12.6 Å². The number of aromatic nitrogens is 1. The number of hydrogen-bond donors (Lipinski definition) is 3. The van der Waals surface area contributed by atoms with Gasteiger partial charge >= 0.3 is 11.8 Å². The molecule has 4 N–H and O–H groups in total. The van der Waals surface area contributed by atoms with Gasteiger partial charge in [-0.2, -0.15) is 0 Å². The number of piperidine rings is 2. The normalized spacial score (nSPS) is 26.4. The number of nitrogens with two attached hydrogens (primary N) is 1. The van der Waals surface area contributed by atoms with Gasteiger partial charge in [-0.25, -0.2) is 4.98 Å². The monoisotopic (exact) mass is 359 g/mol. The summed E-state index contributed by atoms with van der Waals surface area (Å²) < 4.78 is 0. The third-order valence-electron chi connectivity index (χ3n) is 5.57. The highest BCUT2D eigenvalue weighted by Gasteiger charge is 2.37. The molecule has 3 atom stereocenters. The fraction of sp³-hybridized carbons (Fsp3) is 0.632. The summed E-state index contributed by atoms with van der Waals surface area (Å²) in [6.45, 7) is 6.56. The third-order valence-corrected chi connectivity index (χ3v) is 5.57. The minimum Gasteiger partial charge on any atom is -0.383 e. The largest absolute Gasteiger partial charge is 0.383 e. The number of amides is 2. The molecule has 0 spiro atoms. The number of anilines is 2. The van der Waals surface area contributed by atoms with Crippen LogP contribution >= 0.6 is 0 Å². The predicted molar refractivity (Wildman–Crippen MR) is 102 cm³/mol. The maximum absolute atomic E-state index is 12.9. The van der Waals surface area contributed by atoms with E-state index in [4.69, 9.17) is 5.73 Å². The number of pyridine rings is 1. The van der Waals surface area contributed by atoms with Crippen LogP contribution in [-0.2, 0) is 9.59 Å². The highest BCUT2D eigenvalue weighted by atomic mass is 16.2. The molecule has 0 bridgehead atoms. The van der Waals surface area contributed by atoms with Gasteiger partial charge in [0.1, 0.15) is 5.82 Å². The number of hydrogen-bond acceptors (Lipinski definition) is 5. The maximum atomic E-state index is 12.9. The van der Waals surface area contributed by atoms with E-state index in [1.807, 2.05) is 6.92 Å². The molecule has 142 valence electrons. The summed E-state index contributed by atoms with van der Waals surface area (Å²) in [7, 11) is 0. The lowest BCUT2D eigenvalue weighted by Gasteiger charge is -2.43. The molecule has 2 amide bonds. The van der Waals surface area contributed by atoms with Crippen molar-refractivity contribution < 1.29 is 9.59 Å². The Bertz CT molecular complexity index is 672. The summed E-state index contributed by atoms with van der Waals surface area (Å²) in [5.41, 5.74) is 6.97. The molecule has 2 aliphatic rings. The van der Waals surface area contributed by atoms with E-state index >= 15 is 0 Å². The van der Waals surface area contributed by atoms with Crippen molar-refractivity contribution in [3.8, 4) is 0 Å². The number of aryl methyl sites for hydroxylation is 1. The summed E-state index contributed by atoms with van der Waals surface area (Å²) in [5, 5.41) is 6.11. The average molecular weight is 359 g/mol. The molecule has 0 radical (unpaired) electrons. The van der Waals surface area contributed by atoms with Crippen molar-refractivity contribution in [2.75, 3.05) is 30.7 Å². The van der Waals surface area contributed by atoms with E-state index in [1.54, 1.807) is 11.0 Å². The lowest BCUT2D eigenvalue weighted by Crippen LogP contribution is -2.55. The molecule has 3 rings (SSSR count). The van der Waals surface area contributed by atoms with Gasteiger partial charge in [-0.3, -0.25) is 9.59 Å². The summed E-state index contributed by atoms with van der Waals surface area (Å²) in [6, 6.07) is 1.87. The van der Waals surface area contributed by atoms with E-state index < -0.39 is 11.8 Å².